The molecule has 30 heavy (non-hydrogen) atoms. The summed E-state index contributed by atoms with van der Waals surface area (Å²) in [4.78, 5) is 8.78. The second-order valence-corrected chi connectivity index (χ2v) is 9.59. The molecule has 0 spiro atoms. The van der Waals surface area contributed by atoms with E-state index in [1.54, 1.807) is 32.3 Å². The van der Waals surface area contributed by atoms with Crippen LogP contribution in [0.3, 0.4) is 0 Å². The lowest BCUT2D eigenvalue weighted by Crippen LogP contribution is -2.23. The van der Waals surface area contributed by atoms with Crippen molar-refractivity contribution in [3.8, 4) is 22.5 Å². The summed E-state index contributed by atoms with van der Waals surface area (Å²) in [5.74, 6) is -0.0667. The number of aliphatic hydroxyl groups is 1. The summed E-state index contributed by atoms with van der Waals surface area (Å²) >= 11 is 0. The Hall–Kier alpha value is -3.17. The van der Waals surface area contributed by atoms with E-state index in [0.29, 0.717) is 17.6 Å². The molecule has 0 aliphatic carbocycles. The maximum Gasteiger partial charge on any atom is 0.244 e. The minimum Gasteiger partial charge on any atom is -0.395 e. The molecular formula is C21H23N5O3S. The van der Waals surface area contributed by atoms with Crippen LogP contribution in [0.1, 0.15) is 13.8 Å². The number of hydrogen-bond donors (Lipinski definition) is 2. The lowest BCUT2D eigenvalue weighted by molar-refractivity contribution is 0.276. The van der Waals surface area contributed by atoms with Crippen molar-refractivity contribution in [2.45, 2.75) is 25.6 Å². The first-order valence-corrected chi connectivity index (χ1v) is 11.1. The molecule has 0 saturated heterocycles. The molecule has 2 heterocycles. The average Bonchev–Trinajstić information content (AvgIpc) is 3.28. The summed E-state index contributed by atoms with van der Waals surface area (Å²) in [5, 5.41) is 8.85. The molecule has 2 aromatic heterocycles. The highest BCUT2D eigenvalue weighted by atomic mass is 32.2. The number of benzene rings is 2. The zero-order chi connectivity index (χ0) is 21.5. The van der Waals surface area contributed by atoms with E-state index in [9.17, 15) is 13.5 Å². The molecule has 2 aromatic carbocycles. The fraction of sp³-hybridized carbons (Fsp3) is 0.238. The van der Waals surface area contributed by atoms with Gasteiger partial charge in [0.05, 0.1) is 40.6 Å². The van der Waals surface area contributed by atoms with E-state index in [-0.39, 0.29) is 12.6 Å². The molecule has 3 N–H and O–H groups in total. The molecule has 0 amide bonds. The highest BCUT2D eigenvalue weighted by Gasteiger charge is 2.25. The number of hydrogen-bond acceptors (Lipinski definition) is 6. The Morgan fingerprint density at radius 3 is 2.50 bits per heavy atom. The molecule has 0 aliphatic rings. The van der Waals surface area contributed by atoms with Crippen LogP contribution in [-0.2, 0) is 16.6 Å². The summed E-state index contributed by atoms with van der Waals surface area (Å²) in [7, 11) is -3.69. The van der Waals surface area contributed by atoms with Gasteiger partial charge in [-0.2, -0.15) is 0 Å². The van der Waals surface area contributed by atoms with E-state index in [1.165, 1.54) is 0 Å². The van der Waals surface area contributed by atoms with E-state index in [1.807, 2.05) is 41.0 Å². The van der Waals surface area contributed by atoms with Gasteiger partial charge in [-0.1, -0.05) is 36.4 Å². The first-order chi connectivity index (χ1) is 14.3. The number of nitrogens with two attached hydrogens (primary N) is 1. The minimum atomic E-state index is -3.69. The number of nitrogens with zero attached hydrogens (tertiary/aromatic N) is 4. The molecule has 0 saturated carbocycles. The summed E-state index contributed by atoms with van der Waals surface area (Å²) in [6, 6.07) is 15.1. The Kier molecular flexibility index (Phi) is 5.08. The van der Waals surface area contributed by atoms with Gasteiger partial charge in [0, 0.05) is 17.7 Å². The summed E-state index contributed by atoms with van der Waals surface area (Å²) in [6.45, 7) is 3.52. The predicted molar refractivity (Wildman–Crippen MR) is 117 cm³/mol. The van der Waals surface area contributed by atoms with Crippen molar-refractivity contribution in [3.05, 3.63) is 54.9 Å². The largest absolute Gasteiger partial charge is 0.395 e. The topological polar surface area (TPSA) is 116 Å². The van der Waals surface area contributed by atoms with Gasteiger partial charge in [0.1, 0.15) is 0 Å². The lowest BCUT2D eigenvalue weighted by Gasteiger charge is -2.13. The number of rotatable bonds is 6. The minimum absolute atomic E-state index is 0.0492. The molecule has 8 nitrogen and oxygen atoms in total. The second kappa shape index (κ2) is 7.58. The molecule has 0 bridgehead atoms. The number of nitrogen functional groups attached to an aromatic ring is 1. The fourth-order valence-electron chi connectivity index (χ4n) is 3.47. The summed E-state index contributed by atoms with van der Waals surface area (Å²) in [6.07, 6.45) is 1.68. The zero-order valence-electron chi connectivity index (χ0n) is 16.7. The first-order valence-electron chi connectivity index (χ1n) is 9.58. The normalized spacial score (nSPS) is 12.1. The molecule has 9 heteroatoms. The zero-order valence-corrected chi connectivity index (χ0v) is 17.5. The Morgan fingerprint density at radius 2 is 1.83 bits per heavy atom. The Bertz CT molecular complexity index is 1310. The van der Waals surface area contributed by atoms with Gasteiger partial charge in [0.25, 0.3) is 0 Å². The van der Waals surface area contributed by atoms with Gasteiger partial charge in [-0.3, -0.25) is 0 Å². The van der Waals surface area contributed by atoms with Crippen LogP contribution in [0.5, 0.6) is 0 Å². The molecule has 0 aliphatic heterocycles. The van der Waals surface area contributed by atoms with Gasteiger partial charge in [0.2, 0.25) is 16.0 Å². The quantitative estimate of drug-likeness (QED) is 0.491. The SMILES string of the molecule is CC(C)S(=O)(=O)n1c(N)nc2ccc(-c3c(-c4ccccc4)ncn3CCO)cc21. The van der Waals surface area contributed by atoms with E-state index < -0.39 is 15.3 Å². The van der Waals surface area contributed by atoms with Crippen LogP contribution in [-0.4, -0.2) is 43.9 Å². The van der Waals surface area contributed by atoms with E-state index in [0.717, 1.165) is 26.5 Å². The molecule has 4 rings (SSSR count). The van der Waals surface area contributed by atoms with Crippen LogP contribution >= 0.6 is 0 Å². The van der Waals surface area contributed by atoms with Crippen LogP contribution in [0, 0.1) is 0 Å². The van der Waals surface area contributed by atoms with E-state index in [4.69, 9.17) is 5.73 Å². The van der Waals surface area contributed by atoms with Crippen molar-refractivity contribution in [2.75, 3.05) is 12.3 Å². The van der Waals surface area contributed by atoms with Gasteiger partial charge < -0.3 is 15.4 Å². The number of aliphatic hydroxyl groups excluding tert-OH is 1. The Morgan fingerprint density at radius 1 is 1.10 bits per heavy atom. The van der Waals surface area contributed by atoms with Crippen molar-refractivity contribution >= 4 is 27.0 Å². The van der Waals surface area contributed by atoms with Gasteiger partial charge in [-0.05, 0) is 26.0 Å². The van der Waals surface area contributed by atoms with Crippen molar-refractivity contribution in [1.29, 1.82) is 0 Å². The van der Waals surface area contributed by atoms with Crippen LogP contribution in [0.15, 0.2) is 54.9 Å². The van der Waals surface area contributed by atoms with Crippen molar-refractivity contribution in [1.82, 2.24) is 18.5 Å². The molecular weight excluding hydrogens is 402 g/mol. The number of aromatic nitrogens is 4. The molecule has 0 radical (unpaired) electrons. The Balaban J connectivity index is 1.98. The van der Waals surface area contributed by atoms with Gasteiger partial charge in [-0.25, -0.2) is 22.4 Å². The third kappa shape index (κ3) is 3.25. The highest BCUT2D eigenvalue weighted by Crippen LogP contribution is 2.34. The third-order valence-corrected chi connectivity index (χ3v) is 7.07. The molecule has 4 aromatic rings. The molecule has 156 valence electrons. The van der Waals surface area contributed by atoms with Gasteiger partial charge >= 0.3 is 0 Å². The van der Waals surface area contributed by atoms with Crippen LogP contribution in [0.25, 0.3) is 33.5 Å². The predicted octanol–water partition coefficient (Wildman–Crippen LogP) is 2.73. The fourth-order valence-corrected chi connectivity index (χ4v) is 4.61. The third-order valence-electron chi connectivity index (χ3n) is 4.99. The number of imidazole rings is 2. The number of anilines is 1. The standard InChI is InChI=1S/C21H23N5O3S/c1-14(2)30(28,29)26-18-12-16(8-9-17(18)24-21(26)22)20-19(15-6-4-3-5-7-15)23-13-25(20)10-11-27/h3-9,12-14,27H,10-11H2,1-2H3,(H2,22,24). The second-order valence-electron chi connectivity index (χ2n) is 7.26. The summed E-state index contributed by atoms with van der Waals surface area (Å²) < 4.78 is 28.7. The maximum absolute atomic E-state index is 12.9. The van der Waals surface area contributed by atoms with Crippen LogP contribution in [0.2, 0.25) is 0 Å². The van der Waals surface area contributed by atoms with Gasteiger partial charge in [0.15, 0.2) is 0 Å². The maximum atomic E-state index is 12.9. The van der Waals surface area contributed by atoms with Gasteiger partial charge in [-0.15, -0.1) is 0 Å². The number of fused-ring (bicyclic) bond motifs is 1. The molecule has 0 unspecified atom stereocenters. The van der Waals surface area contributed by atoms with Crippen molar-refractivity contribution in [3.63, 3.8) is 0 Å². The summed E-state index contributed by atoms with van der Waals surface area (Å²) in [5.41, 5.74) is 10.1. The lowest BCUT2D eigenvalue weighted by atomic mass is 10.0. The first kappa shape index (κ1) is 20.1. The Labute approximate surface area is 174 Å². The smallest absolute Gasteiger partial charge is 0.244 e. The monoisotopic (exact) mass is 425 g/mol. The highest BCUT2D eigenvalue weighted by molar-refractivity contribution is 7.90. The van der Waals surface area contributed by atoms with Crippen LogP contribution in [0.4, 0.5) is 5.95 Å². The van der Waals surface area contributed by atoms with Crippen molar-refractivity contribution < 1.29 is 13.5 Å². The van der Waals surface area contributed by atoms with Crippen LogP contribution < -0.4 is 5.73 Å². The molecule has 0 atom stereocenters. The van der Waals surface area contributed by atoms with Crippen molar-refractivity contribution in [2.24, 2.45) is 0 Å². The van der Waals surface area contributed by atoms with E-state index in [2.05, 4.69) is 9.97 Å². The average molecular weight is 426 g/mol. The van der Waals surface area contributed by atoms with E-state index >= 15 is 0 Å². The molecule has 0 fully saturated rings.